The second kappa shape index (κ2) is 4.89. The summed E-state index contributed by atoms with van der Waals surface area (Å²) in [4.78, 5) is 8.02. The second-order valence-corrected chi connectivity index (χ2v) is 4.14. The van der Waals surface area contributed by atoms with Gasteiger partial charge in [0.05, 0.1) is 0 Å². The van der Waals surface area contributed by atoms with Crippen LogP contribution in [-0.4, -0.2) is 9.97 Å². The first kappa shape index (κ1) is 12.1. The zero-order chi connectivity index (χ0) is 13.1. The quantitative estimate of drug-likeness (QED) is 0.484. The third-order valence-corrected chi connectivity index (χ3v) is 2.39. The molecule has 1 aromatic heterocycles. The van der Waals surface area contributed by atoms with Crippen molar-refractivity contribution in [1.29, 1.82) is 0 Å². The fourth-order valence-corrected chi connectivity index (χ4v) is 1.80. The van der Waals surface area contributed by atoms with E-state index >= 15 is 0 Å². The summed E-state index contributed by atoms with van der Waals surface area (Å²) in [6, 6.07) is 7.85. The number of anilines is 4. The summed E-state index contributed by atoms with van der Waals surface area (Å²) in [7, 11) is 0. The number of hydrogen-bond donors (Lipinski definition) is 4. The number of benzene rings is 1. The highest BCUT2D eigenvalue weighted by Gasteiger charge is 2.02. The van der Waals surface area contributed by atoms with Crippen LogP contribution in [0.25, 0.3) is 0 Å². The predicted octanol–water partition coefficient (Wildman–Crippen LogP) is 1.70. The number of hydrogen-bond acceptors (Lipinski definition) is 6. The van der Waals surface area contributed by atoms with Crippen molar-refractivity contribution in [2.45, 2.75) is 13.8 Å². The summed E-state index contributed by atoms with van der Waals surface area (Å²) < 4.78 is 0. The van der Waals surface area contributed by atoms with Crippen LogP contribution in [-0.2, 0) is 0 Å². The van der Waals surface area contributed by atoms with Gasteiger partial charge in [0.25, 0.3) is 0 Å². The van der Waals surface area contributed by atoms with Crippen LogP contribution in [0.15, 0.2) is 24.3 Å². The van der Waals surface area contributed by atoms with E-state index in [2.05, 4.69) is 26.8 Å². The molecule has 6 N–H and O–H groups in total. The predicted molar refractivity (Wildman–Crippen MR) is 73.5 cm³/mol. The molecule has 0 saturated carbocycles. The SMILES string of the molecule is Cc1cc(C)cc(Nc2cc(NN)nc(N)n2)c1. The summed E-state index contributed by atoms with van der Waals surface area (Å²) in [5.74, 6) is 6.53. The minimum atomic E-state index is 0.164. The van der Waals surface area contributed by atoms with E-state index in [4.69, 9.17) is 11.6 Å². The van der Waals surface area contributed by atoms with Crippen LogP contribution in [0.5, 0.6) is 0 Å². The van der Waals surface area contributed by atoms with Gasteiger partial charge >= 0.3 is 0 Å². The fourth-order valence-electron chi connectivity index (χ4n) is 1.80. The lowest BCUT2D eigenvalue weighted by atomic mass is 10.1. The fraction of sp³-hybridized carbons (Fsp3) is 0.167. The molecule has 2 aromatic rings. The molecule has 6 nitrogen and oxygen atoms in total. The highest BCUT2D eigenvalue weighted by molar-refractivity contribution is 5.61. The van der Waals surface area contributed by atoms with Crippen molar-refractivity contribution < 1.29 is 0 Å². The average molecular weight is 244 g/mol. The van der Waals surface area contributed by atoms with Crippen molar-refractivity contribution in [3.63, 3.8) is 0 Å². The summed E-state index contributed by atoms with van der Waals surface area (Å²) in [5, 5.41) is 3.17. The highest BCUT2D eigenvalue weighted by Crippen LogP contribution is 2.20. The molecule has 0 aliphatic rings. The first-order valence-electron chi connectivity index (χ1n) is 5.53. The number of aryl methyl sites for hydroxylation is 2. The van der Waals surface area contributed by atoms with E-state index in [1.165, 1.54) is 11.1 Å². The summed E-state index contributed by atoms with van der Waals surface area (Å²) >= 11 is 0. The van der Waals surface area contributed by atoms with Gasteiger partial charge in [-0.15, -0.1) is 0 Å². The molecule has 0 saturated heterocycles. The van der Waals surface area contributed by atoms with Gasteiger partial charge in [-0.1, -0.05) is 6.07 Å². The van der Waals surface area contributed by atoms with E-state index in [-0.39, 0.29) is 5.95 Å². The van der Waals surface area contributed by atoms with Crippen molar-refractivity contribution in [1.82, 2.24) is 9.97 Å². The van der Waals surface area contributed by atoms with E-state index in [0.717, 1.165) is 5.69 Å². The molecule has 0 spiro atoms. The molecular weight excluding hydrogens is 228 g/mol. The lowest BCUT2D eigenvalue weighted by molar-refractivity contribution is 1.15. The molecule has 1 heterocycles. The summed E-state index contributed by atoms with van der Waals surface area (Å²) in [6.45, 7) is 4.08. The van der Waals surface area contributed by atoms with Crippen molar-refractivity contribution >= 4 is 23.3 Å². The topological polar surface area (TPSA) is 102 Å². The molecule has 6 heteroatoms. The van der Waals surface area contributed by atoms with Gasteiger partial charge in [-0.05, 0) is 37.1 Å². The Bertz CT molecular complexity index is 546. The van der Waals surface area contributed by atoms with Gasteiger partial charge in [0.1, 0.15) is 11.6 Å². The molecule has 18 heavy (non-hydrogen) atoms. The molecule has 94 valence electrons. The molecule has 0 atom stereocenters. The van der Waals surface area contributed by atoms with Crippen LogP contribution >= 0.6 is 0 Å². The van der Waals surface area contributed by atoms with E-state index in [0.29, 0.717) is 11.6 Å². The van der Waals surface area contributed by atoms with E-state index in [1.54, 1.807) is 6.07 Å². The molecular formula is C12H16N6. The summed E-state index contributed by atoms with van der Waals surface area (Å²) in [6.07, 6.45) is 0. The Morgan fingerprint density at radius 1 is 0.944 bits per heavy atom. The third kappa shape index (κ3) is 2.86. The monoisotopic (exact) mass is 244 g/mol. The van der Waals surface area contributed by atoms with E-state index in [9.17, 15) is 0 Å². The Balaban J connectivity index is 2.30. The third-order valence-electron chi connectivity index (χ3n) is 2.39. The van der Waals surface area contributed by atoms with Gasteiger partial charge in [0, 0.05) is 11.8 Å². The number of nitrogens with two attached hydrogens (primary N) is 2. The molecule has 2 rings (SSSR count). The molecule has 0 amide bonds. The van der Waals surface area contributed by atoms with Crippen molar-refractivity contribution in [3.05, 3.63) is 35.4 Å². The minimum Gasteiger partial charge on any atom is -0.368 e. The van der Waals surface area contributed by atoms with Gasteiger partial charge in [-0.25, -0.2) is 5.84 Å². The van der Waals surface area contributed by atoms with Gasteiger partial charge < -0.3 is 16.5 Å². The first-order valence-corrected chi connectivity index (χ1v) is 5.53. The highest BCUT2D eigenvalue weighted by atomic mass is 15.3. The minimum absolute atomic E-state index is 0.164. The number of nitrogens with zero attached hydrogens (tertiary/aromatic N) is 2. The smallest absolute Gasteiger partial charge is 0.223 e. The first-order chi connectivity index (χ1) is 8.56. The molecule has 0 bridgehead atoms. The molecule has 0 aliphatic heterocycles. The normalized spacial score (nSPS) is 10.2. The lowest BCUT2D eigenvalue weighted by Crippen LogP contribution is -2.11. The Labute approximate surface area is 105 Å². The largest absolute Gasteiger partial charge is 0.368 e. The van der Waals surface area contributed by atoms with Crippen LogP contribution in [0.1, 0.15) is 11.1 Å². The van der Waals surface area contributed by atoms with Crippen LogP contribution < -0.4 is 22.3 Å². The maximum absolute atomic E-state index is 5.59. The van der Waals surface area contributed by atoms with Crippen LogP contribution in [0.3, 0.4) is 0 Å². The maximum Gasteiger partial charge on any atom is 0.223 e. The number of rotatable bonds is 3. The number of aromatic nitrogens is 2. The van der Waals surface area contributed by atoms with Gasteiger partial charge in [0.2, 0.25) is 5.95 Å². The van der Waals surface area contributed by atoms with Gasteiger partial charge in [-0.2, -0.15) is 9.97 Å². The molecule has 0 unspecified atom stereocenters. The van der Waals surface area contributed by atoms with E-state index < -0.39 is 0 Å². The summed E-state index contributed by atoms with van der Waals surface area (Å²) in [5.41, 5.74) is 11.3. The van der Waals surface area contributed by atoms with Crippen LogP contribution in [0, 0.1) is 13.8 Å². The van der Waals surface area contributed by atoms with Crippen LogP contribution in [0.4, 0.5) is 23.3 Å². The molecule has 0 fully saturated rings. The zero-order valence-electron chi connectivity index (χ0n) is 10.4. The molecule has 0 radical (unpaired) electrons. The number of hydrazine groups is 1. The number of nitrogen functional groups attached to an aromatic ring is 2. The van der Waals surface area contributed by atoms with Gasteiger partial charge in [-0.3, -0.25) is 0 Å². The second-order valence-electron chi connectivity index (χ2n) is 4.14. The Kier molecular flexibility index (Phi) is 3.29. The van der Waals surface area contributed by atoms with E-state index in [1.807, 2.05) is 26.0 Å². The maximum atomic E-state index is 5.59. The van der Waals surface area contributed by atoms with Crippen molar-refractivity contribution in [2.24, 2.45) is 5.84 Å². The number of nitrogens with one attached hydrogen (secondary N) is 2. The zero-order valence-corrected chi connectivity index (χ0v) is 10.4. The Hall–Kier alpha value is -2.34. The Morgan fingerprint density at radius 2 is 1.56 bits per heavy atom. The molecule has 0 aliphatic carbocycles. The standard InChI is InChI=1S/C12H16N6/c1-7-3-8(2)5-9(4-7)15-10-6-11(18-14)17-12(13)16-10/h3-6H,14H2,1-2H3,(H4,13,15,16,17,18). The average Bonchev–Trinajstić information content (AvgIpc) is 2.26. The lowest BCUT2D eigenvalue weighted by Gasteiger charge is -2.09. The Morgan fingerprint density at radius 3 is 2.17 bits per heavy atom. The van der Waals surface area contributed by atoms with Crippen molar-refractivity contribution in [2.75, 3.05) is 16.5 Å². The van der Waals surface area contributed by atoms with Crippen molar-refractivity contribution in [3.8, 4) is 0 Å². The van der Waals surface area contributed by atoms with Gasteiger partial charge in [0.15, 0.2) is 0 Å². The van der Waals surface area contributed by atoms with Crippen LogP contribution in [0.2, 0.25) is 0 Å². The molecule has 1 aromatic carbocycles.